The zero-order chi connectivity index (χ0) is 8.15. The van der Waals surface area contributed by atoms with Gasteiger partial charge in [0.15, 0.2) is 0 Å². The molecule has 3 N–H and O–H groups in total. The predicted octanol–water partition coefficient (Wildman–Crippen LogP) is 0.375. The molecule has 0 heterocycles. The van der Waals surface area contributed by atoms with Crippen molar-refractivity contribution in [3.05, 3.63) is 18.4 Å². The van der Waals surface area contributed by atoms with E-state index in [0.29, 0.717) is 0 Å². The highest BCUT2D eigenvalue weighted by Crippen LogP contribution is 2.00. The summed E-state index contributed by atoms with van der Waals surface area (Å²) in [6, 6.07) is -0.853. The molecule has 0 aliphatic heterocycles. The van der Waals surface area contributed by atoms with Gasteiger partial charge in [-0.25, -0.2) is 0 Å². The minimum absolute atomic E-state index is 0.213. The molecule has 0 radical (unpaired) electrons. The van der Waals surface area contributed by atoms with Gasteiger partial charge in [0.25, 0.3) is 0 Å². The number of hydrogen-bond acceptors (Lipinski definition) is 2. The average Bonchev–Trinajstić information content (AvgIpc) is 1.87. The van der Waals surface area contributed by atoms with Crippen LogP contribution in [0.5, 0.6) is 0 Å². The molecule has 0 aliphatic rings. The molecule has 2 atom stereocenters. The van der Waals surface area contributed by atoms with Crippen LogP contribution in [0.4, 0.5) is 0 Å². The fourth-order valence-corrected chi connectivity index (χ4v) is 0.514. The lowest BCUT2D eigenvalue weighted by molar-refractivity contribution is -0.139. The van der Waals surface area contributed by atoms with E-state index >= 15 is 0 Å². The maximum absolute atomic E-state index is 10.2. The van der Waals surface area contributed by atoms with Gasteiger partial charge in [0, 0.05) is 5.92 Å². The molecule has 56 valence electrons. The van der Waals surface area contributed by atoms with Crippen LogP contribution >= 0.6 is 0 Å². The zero-order valence-electron chi connectivity index (χ0n) is 5.87. The first-order chi connectivity index (χ1) is 4.59. The second kappa shape index (κ2) is 3.88. The summed E-state index contributed by atoms with van der Waals surface area (Å²) in [5.74, 6) is -1.21. The third-order valence-electron chi connectivity index (χ3n) is 1.23. The Balaban J connectivity index is 4.06. The minimum Gasteiger partial charge on any atom is -0.480 e. The summed E-state index contributed by atoms with van der Waals surface area (Å²) in [6.45, 7) is 5.02. The molecule has 10 heavy (non-hydrogen) atoms. The molecule has 3 heteroatoms. The van der Waals surface area contributed by atoms with Crippen molar-refractivity contribution in [3.63, 3.8) is 0 Å². The summed E-state index contributed by atoms with van der Waals surface area (Å²) in [5.41, 5.74) is 7.73. The van der Waals surface area contributed by atoms with Crippen LogP contribution in [0.15, 0.2) is 18.4 Å². The Kier molecular flexibility index (Phi) is 3.47. The van der Waals surface area contributed by atoms with E-state index in [9.17, 15) is 4.79 Å². The normalized spacial score (nSPS) is 15.0. The molecule has 3 nitrogen and oxygen atoms in total. The molecule has 0 amide bonds. The Labute approximate surface area is 59.8 Å². The molecule has 0 saturated carbocycles. The first kappa shape index (κ1) is 8.95. The quantitative estimate of drug-likeness (QED) is 0.558. The average molecular weight is 141 g/mol. The summed E-state index contributed by atoms with van der Waals surface area (Å²) in [6.07, 6.45) is 1.54. The number of nitrogens with two attached hydrogens (primary N) is 1. The van der Waals surface area contributed by atoms with Crippen LogP contribution in [0.1, 0.15) is 6.92 Å². The van der Waals surface area contributed by atoms with E-state index in [-0.39, 0.29) is 5.92 Å². The monoisotopic (exact) mass is 141 g/mol. The molecule has 0 aromatic rings. The summed E-state index contributed by atoms with van der Waals surface area (Å²) in [5, 5.41) is 8.39. The van der Waals surface area contributed by atoms with Crippen molar-refractivity contribution in [2.45, 2.75) is 13.0 Å². The maximum atomic E-state index is 10.2. The van der Waals surface area contributed by atoms with E-state index in [4.69, 9.17) is 10.8 Å². The molecule has 0 bridgehead atoms. The van der Waals surface area contributed by atoms with E-state index in [2.05, 4.69) is 12.3 Å². The van der Waals surface area contributed by atoms with Crippen molar-refractivity contribution in [2.24, 2.45) is 11.7 Å². The first-order valence-corrected chi connectivity index (χ1v) is 2.94. The predicted molar refractivity (Wildman–Crippen MR) is 38.5 cm³/mol. The number of carboxylic acids is 1. The second-order valence-electron chi connectivity index (χ2n) is 2.09. The SMILES string of the molecule is C=C=CC(C)C(N)C(=O)O. The molecule has 0 spiro atoms. The summed E-state index contributed by atoms with van der Waals surface area (Å²) in [4.78, 5) is 10.2. The third kappa shape index (κ3) is 2.49. The van der Waals surface area contributed by atoms with Gasteiger partial charge in [0.1, 0.15) is 6.04 Å². The van der Waals surface area contributed by atoms with Crippen molar-refractivity contribution < 1.29 is 9.90 Å². The first-order valence-electron chi connectivity index (χ1n) is 2.94. The molecule has 0 fully saturated rings. The van der Waals surface area contributed by atoms with Gasteiger partial charge in [-0.05, 0) is 6.08 Å². The Morgan fingerprint density at radius 1 is 1.90 bits per heavy atom. The number of hydrogen-bond donors (Lipinski definition) is 2. The summed E-state index contributed by atoms with van der Waals surface area (Å²) >= 11 is 0. The van der Waals surface area contributed by atoms with Crippen molar-refractivity contribution in [1.82, 2.24) is 0 Å². The fraction of sp³-hybridized carbons (Fsp3) is 0.429. The van der Waals surface area contributed by atoms with Crippen LogP contribution in [-0.2, 0) is 4.79 Å². The van der Waals surface area contributed by atoms with Crippen molar-refractivity contribution >= 4 is 5.97 Å². The molecule has 0 saturated heterocycles. The lowest BCUT2D eigenvalue weighted by atomic mass is 10.0. The van der Waals surface area contributed by atoms with Crippen LogP contribution < -0.4 is 5.73 Å². The molecule has 0 aromatic heterocycles. The van der Waals surface area contributed by atoms with E-state index < -0.39 is 12.0 Å². The number of aliphatic carboxylic acids is 1. The van der Waals surface area contributed by atoms with Gasteiger partial charge in [-0.1, -0.05) is 13.5 Å². The lowest BCUT2D eigenvalue weighted by Crippen LogP contribution is -2.35. The van der Waals surface area contributed by atoms with E-state index in [0.717, 1.165) is 0 Å². The molecular weight excluding hydrogens is 130 g/mol. The third-order valence-corrected chi connectivity index (χ3v) is 1.23. The number of carboxylic acid groups (broad SMARTS) is 1. The highest BCUT2D eigenvalue weighted by Gasteiger charge is 2.16. The molecule has 0 rings (SSSR count). The van der Waals surface area contributed by atoms with Gasteiger partial charge < -0.3 is 10.8 Å². The Morgan fingerprint density at radius 3 is 2.70 bits per heavy atom. The largest absolute Gasteiger partial charge is 0.480 e. The molecule has 0 aromatic carbocycles. The second-order valence-corrected chi connectivity index (χ2v) is 2.09. The van der Waals surface area contributed by atoms with E-state index in [1.165, 1.54) is 0 Å². The van der Waals surface area contributed by atoms with Crippen LogP contribution in [-0.4, -0.2) is 17.1 Å². The maximum Gasteiger partial charge on any atom is 0.321 e. The number of rotatable bonds is 3. The Morgan fingerprint density at radius 2 is 2.40 bits per heavy atom. The lowest BCUT2D eigenvalue weighted by Gasteiger charge is -2.09. The van der Waals surface area contributed by atoms with Gasteiger partial charge in [0.05, 0.1) is 0 Å². The van der Waals surface area contributed by atoms with E-state index in [1.807, 2.05) is 0 Å². The molecular formula is C7H11NO2. The summed E-state index contributed by atoms with van der Waals surface area (Å²) < 4.78 is 0. The van der Waals surface area contributed by atoms with Gasteiger partial charge in [0.2, 0.25) is 0 Å². The smallest absolute Gasteiger partial charge is 0.321 e. The van der Waals surface area contributed by atoms with Crippen molar-refractivity contribution in [3.8, 4) is 0 Å². The fourth-order valence-electron chi connectivity index (χ4n) is 0.514. The van der Waals surface area contributed by atoms with Gasteiger partial charge in [-0.15, -0.1) is 5.73 Å². The van der Waals surface area contributed by atoms with Gasteiger partial charge >= 0.3 is 5.97 Å². The van der Waals surface area contributed by atoms with Crippen molar-refractivity contribution in [1.29, 1.82) is 0 Å². The van der Waals surface area contributed by atoms with E-state index in [1.54, 1.807) is 13.0 Å². The van der Waals surface area contributed by atoms with Crippen LogP contribution in [0, 0.1) is 5.92 Å². The van der Waals surface area contributed by atoms with Gasteiger partial charge in [-0.3, -0.25) is 4.79 Å². The zero-order valence-corrected chi connectivity index (χ0v) is 5.87. The molecule has 0 aliphatic carbocycles. The van der Waals surface area contributed by atoms with Crippen LogP contribution in [0.2, 0.25) is 0 Å². The summed E-state index contributed by atoms with van der Waals surface area (Å²) in [7, 11) is 0. The Bertz CT molecular complexity index is 164. The standard InChI is InChI=1S/C7H11NO2/c1-3-4-5(2)6(8)7(9)10/h4-6H,1,8H2,2H3,(H,9,10). The Hall–Kier alpha value is -1.05. The highest BCUT2D eigenvalue weighted by atomic mass is 16.4. The number of carbonyl (C=O) groups is 1. The van der Waals surface area contributed by atoms with Crippen LogP contribution in [0.3, 0.4) is 0 Å². The molecule has 2 unspecified atom stereocenters. The minimum atomic E-state index is -1.00. The topological polar surface area (TPSA) is 63.3 Å². The van der Waals surface area contributed by atoms with Crippen LogP contribution in [0.25, 0.3) is 0 Å². The van der Waals surface area contributed by atoms with Gasteiger partial charge in [-0.2, -0.15) is 0 Å². The highest BCUT2D eigenvalue weighted by molar-refractivity contribution is 5.73. The van der Waals surface area contributed by atoms with Crippen molar-refractivity contribution in [2.75, 3.05) is 0 Å².